The molecule has 4 rings (SSSR count). The molecule has 2 heterocycles. The molecule has 1 aromatic heterocycles. The molecule has 0 amide bonds. The van der Waals surface area contributed by atoms with E-state index in [4.69, 9.17) is 15.1 Å². The third-order valence-corrected chi connectivity index (χ3v) is 4.66. The van der Waals surface area contributed by atoms with Crippen LogP contribution < -0.4 is 9.75 Å². The maximum absolute atomic E-state index is 9.01. The smallest absolute Gasteiger partial charge is 0.119 e. The molecule has 0 saturated heterocycles. The molecule has 0 bridgehead atoms. The number of nitrogens with zero attached hydrogens (tertiary/aromatic N) is 4. The third kappa shape index (κ3) is 3.38. The van der Waals surface area contributed by atoms with E-state index >= 15 is 0 Å². The average Bonchev–Trinajstić information content (AvgIpc) is 3.20. The van der Waals surface area contributed by atoms with E-state index in [9.17, 15) is 0 Å². The van der Waals surface area contributed by atoms with Crippen LogP contribution in [0.5, 0.6) is 5.75 Å². The van der Waals surface area contributed by atoms with Gasteiger partial charge in [0.2, 0.25) is 0 Å². The van der Waals surface area contributed by atoms with Gasteiger partial charge in [-0.2, -0.15) is 10.4 Å². The number of hydrogen-bond donors (Lipinski definition) is 0. The Hall–Kier alpha value is -3.65. The molecule has 1 atom stereocenters. The molecule has 5 heteroatoms. The van der Waals surface area contributed by atoms with Crippen molar-refractivity contribution in [3.63, 3.8) is 0 Å². The first-order valence-corrected chi connectivity index (χ1v) is 8.70. The second kappa shape index (κ2) is 7.30. The lowest BCUT2D eigenvalue weighted by atomic mass is 9.99. The van der Waals surface area contributed by atoms with E-state index in [1.807, 2.05) is 65.8 Å². The summed E-state index contributed by atoms with van der Waals surface area (Å²) in [5.41, 5.74) is 4.77. The van der Waals surface area contributed by atoms with E-state index in [0.717, 1.165) is 34.7 Å². The van der Waals surface area contributed by atoms with Crippen LogP contribution in [0.15, 0.2) is 78.2 Å². The fraction of sp³-hybridized carbons (Fsp3) is 0.136. The van der Waals surface area contributed by atoms with Gasteiger partial charge in [0, 0.05) is 18.8 Å². The van der Waals surface area contributed by atoms with E-state index < -0.39 is 0 Å². The Kier molecular flexibility index (Phi) is 4.54. The number of rotatable bonds is 4. The zero-order valence-corrected chi connectivity index (χ0v) is 14.9. The number of ether oxygens (including phenoxy) is 1. The van der Waals surface area contributed by atoms with E-state index in [-0.39, 0.29) is 6.04 Å². The van der Waals surface area contributed by atoms with Crippen LogP contribution in [0.25, 0.3) is 0 Å². The summed E-state index contributed by atoms with van der Waals surface area (Å²) in [6.07, 6.45) is 4.43. The van der Waals surface area contributed by atoms with E-state index in [1.165, 1.54) is 0 Å². The summed E-state index contributed by atoms with van der Waals surface area (Å²) >= 11 is 0. The summed E-state index contributed by atoms with van der Waals surface area (Å²) in [5, 5.41) is 15.9. The van der Waals surface area contributed by atoms with Crippen LogP contribution in [0.4, 0.5) is 5.69 Å². The van der Waals surface area contributed by atoms with Gasteiger partial charge in [-0.1, -0.05) is 18.2 Å². The Morgan fingerprint density at radius 3 is 2.48 bits per heavy atom. The molecule has 27 heavy (non-hydrogen) atoms. The molecule has 0 radical (unpaired) electrons. The van der Waals surface area contributed by atoms with Crippen molar-refractivity contribution in [3.05, 3.63) is 89.7 Å². The van der Waals surface area contributed by atoms with Crippen molar-refractivity contribution in [3.8, 4) is 11.8 Å². The molecule has 1 unspecified atom stereocenters. The van der Waals surface area contributed by atoms with E-state index in [2.05, 4.69) is 17.1 Å². The topological polar surface area (TPSA) is 61.5 Å². The maximum Gasteiger partial charge on any atom is 0.119 e. The molecule has 0 fully saturated rings. The molecule has 3 aromatic rings. The monoisotopic (exact) mass is 354 g/mol. The second-order valence-electron chi connectivity index (χ2n) is 6.28. The maximum atomic E-state index is 9.01. The van der Waals surface area contributed by atoms with Crippen molar-refractivity contribution >= 4 is 11.4 Å². The Labute approximate surface area is 158 Å². The van der Waals surface area contributed by atoms with Crippen LogP contribution in [-0.4, -0.2) is 17.8 Å². The molecule has 5 nitrogen and oxygen atoms in total. The van der Waals surface area contributed by atoms with Gasteiger partial charge in [0.05, 0.1) is 36.2 Å². The van der Waals surface area contributed by atoms with E-state index in [0.29, 0.717) is 5.56 Å². The number of anilines is 1. The summed E-state index contributed by atoms with van der Waals surface area (Å²) < 4.78 is 5.26. The van der Waals surface area contributed by atoms with Crippen LogP contribution in [0.2, 0.25) is 0 Å². The number of hydrogen-bond acceptors (Lipinski definition) is 5. The Morgan fingerprint density at radius 2 is 1.85 bits per heavy atom. The largest absolute Gasteiger partial charge is 0.497 e. The zero-order valence-electron chi connectivity index (χ0n) is 14.9. The molecule has 132 valence electrons. The van der Waals surface area contributed by atoms with Gasteiger partial charge in [-0.25, -0.2) is 0 Å². The Morgan fingerprint density at radius 1 is 1.07 bits per heavy atom. The van der Waals surface area contributed by atoms with Crippen LogP contribution in [0.3, 0.4) is 0 Å². The number of pyridine rings is 1. The Bertz CT molecular complexity index is 989. The van der Waals surface area contributed by atoms with Crippen LogP contribution >= 0.6 is 0 Å². The highest BCUT2D eigenvalue weighted by atomic mass is 16.5. The number of benzene rings is 2. The lowest BCUT2D eigenvalue weighted by Crippen LogP contribution is -2.18. The predicted molar refractivity (Wildman–Crippen MR) is 105 cm³/mol. The summed E-state index contributed by atoms with van der Waals surface area (Å²) in [7, 11) is 1.66. The fourth-order valence-corrected chi connectivity index (χ4v) is 3.23. The number of aromatic nitrogens is 1. The first-order valence-electron chi connectivity index (χ1n) is 8.70. The van der Waals surface area contributed by atoms with E-state index in [1.54, 1.807) is 13.3 Å². The van der Waals surface area contributed by atoms with Crippen LogP contribution in [0.1, 0.15) is 29.2 Å². The fourth-order valence-electron chi connectivity index (χ4n) is 3.23. The first-order chi connectivity index (χ1) is 13.3. The van der Waals surface area contributed by atoms with Gasteiger partial charge < -0.3 is 4.74 Å². The van der Waals surface area contributed by atoms with Crippen molar-refractivity contribution < 1.29 is 4.74 Å². The minimum absolute atomic E-state index is 0.0674. The van der Waals surface area contributed by atoms with Gasteiger partial charge in [0.25, 0.3) is 0 Å². The van der Waals surface area contributed by atoms with Crippen molar-refractivity contribution in [2.75, 3.05) is 12.1 Å². The standard InChI is InChI=1S/C22H18N4O/c1-27-20-10-8-19(9-11-20)26-22(18-3-2-12-24-15-18)13-21(25-26)17-6-4-16(14-23)5-7-17/h2-12,15,22H,13H2,1H3. The Balaban J connectivity index is 1.72. The lowest BCUT2D eigenvalue weighted by Gasteiger charge is -2.23. The zero-order chi connectivity index (χ0) is 18.6. The van der Waals surface area contributed by atoms with Crippen LogP contribution in [0, 0.1) is 11.3 Å². The van der Waals surface area contributed by atoms with Crippen molar-refractivity contribution in [1.82, 2.24) is 4.98 Å². The van der Waals surface area contributed by atoms with Gasteiger partial charge in [0.15, 0.2) is 0 Å². The van der Waals surface area contributed by atoms with Gasteiger partial charge in [-0.15, -0.1) is 0 Å². The quantitative estimate of drug-likeness (QED) is 0.700. The molecular weight excluding hydrogens is 336 g/mol. The molecular formula is C22H18N4O. The SMILES string of the molecule is COc1ccc(N2N=C(c3ccc(C#N)cc3)CC2c2cccnc2)cc1. The van der Waals surface area contributed by atoms with Gasteiger partial charge in [-0.3, -0.25) is 9.99 Å². The minimum Gasteiger partial charge on any atom is -0.497 e. The van der Waals surface area contributed by atoms with Crippen LogP contribution in [-0.2, 0) is 0 Å². The summed E-state index contributed by atoms with van der Waals surface area (Å²) in [5.74, 6) is 0.812. The van der Waals surface area contributed by atoms with Gasteiger partial charge >= 0.3 is 0 Å². The summed E-state index contributed by atoms with van der Waals surface area (Å²) in [4.78, 5) is 4.27. The van der Waals surface area contributed by atoms with Crippen molar-refractivity contribution in [2.45, 2.75) is 12.5 Å². The molecule has 0 saturated carbocycles. The lowest BCUT2D eigenvalue weighted by molar-refractivity contribution is 0.415. The van der Waals surface area contributed by atoms with Crippen molar-refractivity contribution in [1.29, 1.82) is 5.26 Å². The number of nitriles is 1. The molecule has 1 aliphatic heterocycles. The summed E-state index contributed by atoms with van der Waals surface area (Å²) in [6, 6.07) is 21.7. The summed E-state index contributed by atoms with van der Waals surface area (Å²) in [6.45, 7) is 0. The normalized spacial score (nSPS) is 15.9. The van der Waals surface area contributed by atoms with Crippen molar-refractivity contribution in [2.24, 2.45) is 5.10 Å². The second-order valence-corrected chi connectivity index (χ2v) is 6.28. The molecule has 0 spiro atoms. The first kappa shape index (κ1) is 16.8. The highest BCUT2D eigenvalue weighted by Gasteiger charge is 2.30. The average molecular weight is 354 g/mol. The van der Waals surface area contributed by atoms with Gasteiger partial charge in [-0.05, 0) is 53.6 Å². The third-order valence-electron chi connectivity index (χ3n) is 4.66. The molecule has 0 N–H and O–H groups in total. The highest BCUT2D eigenvalue weighted by molar-refractivity contribution is 6.03. The molecule has 2 aromatic carbocycles. The van der Waals surface area contributed by atoms with Gasteiger partial charge in [0.1, 0.15) is 5.75 Å². The highest BCUT2D eigenvalue weighted by Crippen LogP contribution is 2.36. The minimum atomic E-state index is 0.0674. The molecule has 0 aliphatic carbocycles. The number of methoxy groups -OCH3 is 1. The number of hydrazone groups is 1. The molecule has 1 aliphatic rings. The predicted octanol–water partition coefficient (Wildman–Crippen LogP) is 4.32.